The van der Waals surface area contributed by atoms with E-state index in [1.54, 1.807) is 0 Å². The average molecular weight is 566 g/mol. The van der Waals surface area contributed by atoms with E-state index in [9.17, 15) is 26.3 Å². The van der Waals surface area contributed by atoms with Gasteiger partial charge in [-0.05, 0) is 43.5 Å². The molecule has 39 heavy (non-hydrogen) atoms. The molecule has 0 radical (unpaired) electrons. The molecule has 0 aromatic carbocycles. The summed E-state index contributed by atoms with van der Waals surface area (Å²) in [5.74, 6) is -4.37. The first-order chi connectivity index (χ1) is 18.2. The van der Waals surface area contributed by atoms with Crippen molar-refractivity contribution in [3.63, 3.8) is 0 Å². The summed E-state index contributed by atoms with van der Waals surface area (Å²) in [7, 11) is 0. The van der Waals surface area contributed by atoms with Crippen molar-refractivity contribution in [3.8, 4) is 0 Å². The minimum atomic E-state index is -5.08. The number of nitrogens with zero attached hydrogens (tertiary/aromatic N) is 4. The predicted molar refractivity (Wildman–Crippen MR) is 126 cm³/mol. The highest BCUT2D eigenvalue weighted by Gasteiger charge is 2.39. The Morgan fingerprint density at radius 1 is 0.949 bits per heavy atom. The van der Waals surface area contributed by atoms with Crippen molar-refractivity contribution in [2.24, 2.45) is 0 Å². The third kappa shape index (κ3) is 10.7. The van der Waals surface area contributed by atoms with Crippen molar-refractivity contribution in [2.45, 2.75) is 51.2 Å². The van der Waals surface area contributed by atoms with Gasteiger partial charge in [0.15, 0.2) is 0 Å². The van der Waals surface area contributed by atoms with Crippen LogP contribution in [0.25, 0.3) is 0 Å². The van der Waals surface area contributed by atoms with Crippen LogP contribution >= 0.6 is 0 Å². The Hall–Kier alpha value is -3.46. The average Bonchev–Trinajstić information content (AvgIpc) is 3.04. The molecule has 2 aliphatic heterocycles. The molecule has 0 aliphatic carbocycles. The van der Waals surface area contributed by atoms with Gasteiger partial charge in [-0.15, -0.1) is 0 Å². The molecule has 1 fully saturated rings. The smallest absolute Gasteiger partial charge is 0.475 e. The first-order valence-electron chi connectivity index (χ1n) is 11.7. The Bertz CT molecular complexity index is 1050. The number of hydrogen-bond acceptors (Lipinski definition) is 7. The lowest BCUT2D eigenvalue weighted by molar-refractivity contribution is -0.193. The maximum absolute atomic E-state index is 10.6. The largest absolute Gasteiger partial charge is 0.490 e. The van der Waals surface area contributed by atoms with Crippen LogP contribution in [-0.2, 0) is 27.4 Å². The highest BCUT2D eigenvalue weighted by Crippen LogP contribution is 2.28. The van der Waals surface area contributed by atoms with E-state index in [2.05, 4.69) is 46.0 Å². The standard InChI is InChI=1S/C20H26N4O.2C2HF3O2/c1-16-2-3-18-15-23(19-6-12-25-13-7-19)10-11-24(20(18)22-16)14-17-4-8-21-9-5-17;2*3-2(4,5)1(6)7/h2-5,8-9,19H,6-7,10-15H2,1H3;2*(H,6,7). The van der Waals surface area contributed by atoms with Crippen molar-refractivity contribution in [1.29, 1.82) is 0 Å². The van der Waals surface area contributed by atoms with Gasteiger partial charge in [-0.3, -0.25) is 9.88 Å². The fourth-order valence-electron chi connectivity index (χ4n) is 3.85. The molecule has 1 saturated heterocycles. The number of aliphatic carboxylic acids is 2. The molecule has 4 heterocycles. The molecule has 4 rings (SSSR count). The third-order valence-electron chi connectivity index (χ3n) is 5.74. The SMILES string of the molecule is Cc1ccc2c(n1)N(Cc1ccncc1)CCN(C1CCOCC1)C2.O=C(O)C(F)(F)F.O=C(O)C(F)(F)F. The number of aryl methyl sites for hydroxylation is 1. The summed E-state index contributed by atoms with van der Waals surface area (Å²) in [6.07, 6.45) is -4.16. The number of hydrogen-bond donors (Lipinski definition) is 2. The van der Waals surface area contributed by atoms with Gasteiger partial charge in [0, 0.05) is 69.1 Å². The second-order valence-corrected chi connectivity index (χ2v) is 8.63. The Morgan fingerprint density at radius 3 is 2.00 bits per heavy atom. The van der Waals surface area contributed by atoms with Crippen LogP contribution in [0.5, 0.6) is 0 Å². The number of fused-ring (bicyclic) bond motifs is 1. The molecule has 0 spiro atoms. The second-order valence-electron chi connectivity index (χ2n) is 8.63. The lowest BCUT2D eigenvalue weighted by atomic mass is 10.1. The van der Waals surface area contributed by atoms with E-state index >= 15 is 0 Å². The predicted octanol–water partition coefficient (Wildman–Crippen LogP) is 4.05. The topological polar surface area (TPSA) is 116 Å². The van der Waals surface area contributed by atoms with E-state index < -0.39 is 24.3 Å². The van der Waals surface area contributed by atoms with Gasteiger partial charge < -0.3 is 19.8 Å². The summed E-state index contributed by atoms with van der Waals surface area (Å²) in [6, 6.07) is 9.21. The zero-order valence-electron chi connectivity index (χ0n) is 20.9. The molecule has 0 atom stereocenters. The van der Waals surface area contributed by atoms with Gasteiger partial charge >= 0.3 is 24.3 Å². The molecule has 0 unspecified atom stereocenters. The van der Waals surface area contributed by atoms with Crippen LogP contribution in [0.1, 0.15) is 29.7 Å². The van der Waals surface area contributed by atoms with Gasteiger partial charge in [0.05, 0.1) is 0 Å². The molecule has 2 aliphatic rings. The maximum Gasteiger partial charge on any atom is 0.490 e. The van der Waals surface area contributed by atoms with Gasteiger partial charge in [0.1, 0.15) is 5.82 Å². The number of anilines is 1. The Morgan fingerprint density at radius 2 is 1.49 bits per heavy atom. The van der Waals surface area contributed by atoms with Crippen LogP contribution < -0.4 is 4.90 Å². The Balaban J connectivity index is 0.000000317. The molecule has 15 heteroatoms. The normalized spacial score (nSPS) is 16.5. The number of alkyl halides is 6. The first kappa shape index (κ1) is 31.8. The molecule has 2 aromatic rings. The highest BCUT2D eigenvalue weighted by molar-refractivity contribution is 5.73. The number of carbonyl (C=O) groups is 2. The minimum absolute atomic E-state index is 0.628. The van der Waals surface area contributed by atoms with Crippen LogP contribution in [0, 0.1) is 6.92 Å². The number of halogens is 6. The fourth-order valence-corrected chi connectivity index (χ4v) is 3.85. The summed E-state index contributed by atoms with van der Waals surface area (Å²) in [5, 5.41) is 14.2. The van der Waals surface area contributed by atoms with Crippen molar-refractivity contribution in [2.75, 3.05) is 31.2 Å². The molecule has 216 valence electrons. The monoisotopic (exact) mass is 566 g/mol. The van der Waals surface area contributed by atoms with Crippen LogP contribution in [-0.4, -0.2) is 81.7 Å². The summed E-state index contributed by atoms with van der Waals surface area (Å²) >= 11 is 0. The van der Waals surface area contributed by atoms with Gasteiger partial charge in [0.25, 0.3) is 0 Å². The van der Waals surface area contributed by atoms with E-state index in [4.69, 9.17) is 29.5 Å². The molecule has 0 amide bonds. The lowest BCUT2D eigenvalue weighted by Gasteiger charge is -2.33. The van der Waals surface area contributed by atoms with Crippen molar-refractivity contribution in [3.05, 3.63) is 53.5 Å². The molecule has 2 aromatic heterocycles. The van der Waals surface area contributed by atoms with E-state index in [0.29, 0.717) is 6.04 Å². The number of aromatic nitrogens is 2. The zero-order valence-corrected chi connectivity index (χ0v) is 20.9. The number of rotatable bonds is 3. The van der Waals surface area contributed by atoms with E-state index in [1.807, 2.05) is 12.4 Å². The fraction of sp³-hybridized carbons (Fsp3) is 0.500. The minimum Gasteiger partial charge on any atom is -0.475 e. The van der Waals surface area contributed by atoms with Crippen molar-refractivity contribution < 1.29 is 50.9 Å². The summed E-state index contributed by atoms with van der Waals surface area (Å²) in [5.41, 5.74) is 3.70. The Kier molecular flexibility index (Phi) is 11.5. The lowest BCUT2D eigenvalue weighted by Crippen LogP contribution is -2.41. The zero-order chi connectivity index (χ0) is 29.2. The second kappa shape index (κ2) is 14.1. The highest BCUT2D eigenvalue weighted by atomic mass is 19.4. The summed E-state index contributed by atoms with van der Waals surface area (Å²) in [6.45, 7) is 7.80. The van der Waals surface area contributed by atoms with E-state index in [-0.39, 0.29) is 0 Å². The Labute approximate surface area is 220 Å². The van der Waals surface area contributed by atoms with Crippen LogP contribution in [0.2, 0.25) is 0 Å². The van der Waals surface area contributed by atoms with E-state index in [0.717, 1.165) is 63.7 Å². The van der Waals surface area contributed by atoms with Gasteiger partial charge in [-0.25, -0.2) is 14.6 Å². The number of pyridine rings is 2. The van der Waals surface area contributed by atoms with Crippen LogP contribution in [0.3, 0.4) is 0 Å². The number of ether oxygens (including phenoxy) is 1. The van der Waals surface area contributed by atoms with Crippen LogP contribution in [0.4, 0.5) is 32.2 Å². The molecule has 0 bridgehead atoms. The molecular weight excluding hydrogens is 538 g/mol. The van der Waals surface area contributed by atoms with E-state index in [1.165, 1.54) is 11.1 Å². The molecule has 2 N–H and O–H groups in total. The first-order valence-corrected chi connectivity index (χ1v) is 11.7. The number of carboxylic acids is 2. The van der Waals surface area contributed by atoms with Crippen molar-refractivity contribution in [1.82, 2.24) is 14.9 Å². The quantitative estimate of drug-likeness (QED) is 0.531. The van der Waals surface area contributed by atoms with Crippen LogP contribution in [0.15, 0.2) is 36.7 Å². The number of carboxylic acid groups (broad SMARTS) is 2. The maximum atomic E-state index is 10.6. The molecule has 9 nitrogen and oxygen atoms in total. The van der Waals surface area contributed by atoms with Gasteiger partial charge in [0.2, 0.25) is 0 Å². The summed E-state index contributed by atoms with van der Waals surface area (Å²) in [4.78, 5) is 31.9. The molecular formula is C24H28F6N4O5. The van der Waals surface area contributed by atoms with Crippen molar-refractivity contribution >= 4 is 17.8 Å². The summed E-state index contributed by atoms with van der Waals surface area (Å²) < 4.78 is 69.0. The third-order valence-corrected chi connectivity index (χ3v) is 5.74. The molecule has 0 saturated carbocycles. The van der Waals surface area contributed by atoms with Gasteiger partial charge in [-0.2, -0.15) is 26.3 Å². The van der Waals surface area contributed by atoms with Gasteiger partial charge in [-0.1, -0.05) is 6.07 Å².